The van der Waals surface area contributed by atoms with E-state index in [1.807, 2.05) is 36.4 Å². The van der Waals surface area contributed by atoms with Crippen LogP contribution in [0.4, 0.5) is 17.1 Å². The zero-order chi connectivity index (χ0) is 17.6. The number of nitro benzene ring substituents is 1. The minimum atomic E-state index is -0.471. The van der Waals surface area contributed by atoms with Crippen LogP contribution in [0.3, 0.4) is 0 Å². The molecule has 0 atom stereocenters. The van der Waals surface area contributed by atoms with E-state index in [0.717, 1.165) is 5.56 Å². The zero-order valence-corrected chi connectivity index (χ0v) is 13.4. The average molecular weight is 332 g/mol. The van der Waals surface area contributed by atoms with Gasteiger partial charge in [0.05, 0.1) is 11.3 Å². The van der Waals surface area contributed by atoms with Gasteiger partial charge in [-0.2, -0.15) is 0 Å². The number of nitro groups is 1. The number of carbonyl (C=O) groups excluding carboxylic acids is 1. The van der Waals surface area contributed by atoms with Crippen molar-refractivity contribution in [1.29, 1.82) is 0 Å². The third-order valence-electron chi connectivity index (χ3n) is 3.78. The van der Waals surface area contributed by atoms with Crippen LogP contribution in [0, 0.1) is 10.1 Å². The van der Waals surface area contributed by atoms with E-state index in [9.17, 15) is 14.9 Å². The van der Waals surface area contributed by atoms with Gasteiger partial charge in [-0.25, -0.2) is 0 Å². The number of rotatable bonds is 5. The molecule has 0 unspecified atom stereocenters. The maximum atomic E-state index is 13.0. The smallest absolute Gasteiger partial charge is 0.274 e. The summed E-state index contributed by atoms with van der Waals surface area (Å²) in [5.41, 5.74) is 1.61. The average Bonchev–Trinajstić information content (AvgIpc) is 2.64. The fourth-order valence-corrected chi connectivity index (χ4v) is 2.65. The lowest BCUT2D eigenvalue weighted by Gasteiger charge is -2.23. The van der Waals surface area contributed by atoms with E-state index < -0.39 is 4.92 Å². The molecule has 0 N–H and O–H groups in total. The zero-order valence-electron chi connectivity index (χ0n) is 13.4. The predicted molar refractivity (Wildman–Crippen MR) is 96.8 cm³/mol. The molecule has 1 amide bonds. The normalized spacial score (nSPS) is 10.2. The molecular weight excluding hydrogens is 316 g/mol. The number of amides is 1. The van der Waals surface area contributed by atoms with Gasteiger partial charge in [0.15, 0.2) is 0 Å². The van der Waals surface area contributed by atoms with E-state index in [1.165, 1.54) is 11.0 Å². The fourth-order valence-electron chi connectivity index (χ4n) is 2.65. The van der Waals surface area contributed by atoms with Crippen molar-refractivity contribution in [3.8, 4) is 0 Å². The second kappa shape index (κ2) is 7.40. The van der Waals surface area contributed by atoms with Crippen LogP contribution in [-0.2, 0) is 11.2 Å². The van der Waals surface area contributed by atoms with Gasteiger partial charge in [-0.05, 0) is 23.8 Å². The van der Waals surface area contributed by atoms with Crippen LogP contribution in [0.25, 0.3) is 0 Å². The van der Waals surface area contributed by atoms with E-state index in [1.54, 1.807) is 42.5 Å². The second-order valence-electron chi connectivity index (χ2n) is 5.47. The Balaban J connectivity index is 2.05. The maximum absolute atomic E-state index is 13.0. The molecule has 3 aromatic carbocycles. The molecule has 0 radical (unpaired) electrons. The van der Waals surface area contributed by atoms with Gasteiger partial charge in [0.2, 0.25) is 5.91 Å². The van der Waals surface area contributed by atoms with Gasteiger partial charge >= 0.3 is 0 Å². The molecule has 0 aliphatic rings. The van der Waals surface area contributed by atoms with Crippen molar-refractivity contribution in [2.24, 2.45) is 0 Å². The summed E-state index contributed by atoms with van der Waals surface area (Å²) < 4.78 is 0. The molecule has 25 heavy (non-hydrogen) atoms. The monoisotopic (exact) mass is 332 g/mol. The summed E-state index contributed by atoms with van der Waals surface area (Å²) in [5.74, 6) is -0.230. The Kier molecular flexibility index (Phi) is 4.85. The number of carbonyl (C=O) groups is 1. The summed E-state index contributed by atoms with van der Waals surface area (Å²) in [6, 6.07) is 24.6. The van der Waals surface area contributed by atoms with Crippen LogP contribution in [-0.4, -0.2) is 10.8 Å². The highest BCUT2D eigenvalue weighted by molar-refractivity contribution is 6.03. The number of para-hydroxylation sites is 3. The standard InChI is InChI=1S/C20H16N2O3/c23-20(15-16-9-3-1-4-10-16)21(17-11-5-2-6-12-17)18-13-7-8-14-19(18)22(24)25/h1-14H,15H2. The molecule has 0 heterocycles. The molecule has 0 bridgehead atoms. The molecular formula is C20H16N2O3. The van der Waals surface area contributed by atoms with Gasteiger partial charge in [0, 0.05) is 11.8 Å². The summed E-state index contributed by atoms with van der Waals surface area (Å²) in [6.07, 6.45) is 0.155. The lowest BCUT2D eigenvalue weighted by molar-refractivity contribution is -0.384. The van der Waals surface area contributed by atoms with Crippen molar-refractivity contribution in [1.82, 2.24) is 0 Å². The van der Waals surface area contributed by atoms with Crippen molar-refractivity contribution in [2.75, 3.05) is 4.90 Å². The van der Waals surface area contributed by atoms with E-state index in [-0.39, 0.29) is 23.7 Å². The number of anilines is 2. The number of hydrogen-bond donors (Lipinski definition) is 0. The van der Waals surface area contributed by atoms with Gasteiger partial charge in [-0.1, -0.05) is 60.7 Å². The van der Waals surface area contributed by atoms with Crippen LogP contribution in [0.2, 0.25) is 0 Å². The molecule has 3 aromatic rings. The molecule has 124 valence electrons. The molecule has 0 aromatic heterocycles. The van der Waals surface area contributed by atoms with Gasteiger partial charge < -0.3 is 0 Å². The number of nitrogens with zero attached hydrogens (tertiary/aromatic N) is 2. The van der Waals surface area contributed by atoms with Crippen molar-refractivity contribution >= 4 is 23.0 Å². The third kappa shape index (κ3) is 3.72. The molecule has 0 fully saturated rings. The number of hydrogen-bond acceptors (Lipinski definition) is 3. The SMILES string of the molecule is O=C(Cc1ccccc1)N(c1ccccc1)c1ccccc1[N+](=O)[O-]. The Bertz CT molecular complexity index is 880. The quantitative estimate of drug-likeness (QED) is 0.510. The molecule has 0 aliphatic heterocycles. The van der Waals surface area contributed by atoms with Crippen LogP contribution in [0.15, 0.2) is 84.9 Å². The van der Waals surface area contributed by atoms with E-state index >= 15 is 0 Å². The Labute approximate surface area is 145 Å². The Morgan fingerprint density at radius 2 is 1.40 bits per heavy atom. The second-order valence-corrected chi connectivity index (χ2v) is 5.47. The van der Waals surface area contributed by atoms with Crippen molar-refractivity contribution in [2.45, 2.75) is 6.42 Å². The minimum absolute atomic E-state index is 0.104. The van der Waals surface area contributed by atoms with E-state index in [2.05, 4.69) is 0 Å². The highest BCUT2D eigenvalue weighted by atomic mass is 16.6. The first-order chi connectivity index (χ1) is 12.2. The van der Waals surface area contributed by atoms with Crippen LogP contribution in [0.5, 0.6) is 0 Å². The van der Waals surface area contributed by atoms with Gasteiger partial charge in [0.1, 0.15) is 5.69 Å². The summed E-state index contributed by atoms with van der Waals surface area (Å²) >= 11 is 0. The molecule has 0 saturated carbocycles. The first-order valence-electron chi connectivity index (χ1n) is 7.82. The van der Waals surface area contributed by atoms with Crippen molar-refractivity contribution in [3.05, 3.63) is 101 Å². The summed E-state index contributed by atoms with van der Waals surface area (Å²) in [7, 11) is 0. The first kappa shape index (κ1) is 16.4. The highest BCUT2D eigenvalue weighted by Crippen LogP contribution is 2.33. The van der Waals surface area contributed by atoms with Gasteiger partial charge in [-0.3, -0.25) is 19.8 Å². The summed E-state index contributed by atoms with van der Waals surface area (Å²) in [6.45, 7) is 0. The molecule has 0 spiro atoms. The van der Waals surface area contributed by atoms with Crippen LogP contribution in [0.1, 0.15) is 5.56 Å². The molecule has 0 aliphatic carbocycles. The lowest BCUT2D eigenvalue weighted by Crippen LogP contribution is -2.28. The van der Waals surface area contributed by atoms with E-state index in [4.69, 9.17) is 0 Å². The molecule has 5 nitrogen and oxygen atoms in total. The largest absolute Gasteiger partial charge is 0.293 e. The Morgan fingerprint density at radius 3 is 2.04 bits per heavy atom. The molecule has 5 heteroatoms. The minimum Gasteiger partial charge on any atom is -0.274 e. The fraction of sp³-hybridized carbons (Fsp3) is 0.0500. The van der Waals surface area contributed by atoms with Gasteiger partial charge in [0.25, 0.3) is 5.69 Å². The van der Waals surface area contributed by atoms with Gasteiger partial charge in [-0.15, -0.1) is 0 Å². The predicted octanol–water partition coefficient (Wildman–Crippen LogP) is 4.50. The highest BCUT2D eigenvalue weighted by Gasteiger charge is 2.25. The third-order valence-corrected chi connectivity index (χ3v) is 3.78. The van der Waals surface area contributed by atoms with Crippen molar-refractivity contribution in [3.63, 3.8) is 0 Å². The van der Waals surface area contributed by atoms with Crippen LogP contribution >= 0.6 is 0 Å². The molecule has 0 saturated heterocycles. The van der Waals surface area contributed by atoms with Crippen LogP contribution < -0.4 is 4.90 Å². The summed E-state index contributed by atoms with van der Waals surface area (Å²) in [4.78, 5) is 25.3. The van der Waals surface area contributed by atoms with E-state index in [0.29, 0.717) is 5.69 Å². The Morgan fingerprint density at radius 1 is 0.840 bits per heavy atom. The number of benzene rings is 3. The first-order valence-corrected chi connectivity index (χ1v) is 7.82. The Hall–Kier alpha value is -3.47. The van der Waals surface area contributed by atoms with Crippen molar-refractivity contribution < 1.29 is 9.72 Å². The summed E-state index contributed by atoms with van der Waals surface area (Å²) in [5, 5.41) is 11.4. The molecule has 3 rings (SSSR count). The topological polar surface area (TPSA) is 63.5 Å². The lowest BCUT2D eigenvalue weighted by atomic mass is 10.1. The maximum Gasteiger partial charge on any atom is 0.293 e.